The molecule has 136 valence electrons. The molecule has 0 bridgehead atoms. The number of aromatic nitrogens is 3. The lowest BCUT2D eigenvalue weighted by atomic mass is 10.1. The van der Waals surface area contributed by atoms with Crippen molar-refractivity contribution >= 4 is 33.4 Å². The van der Waals surface area contributed by atoms with Gasteiger partial charge in [-0.3, -0.25) is 4.98 Å². The molecule has 5 aromatic rings. The van der Waals surface area contributed by atoms with Crippen LogP contribution in [0.2, 0.25) is 5.02 Å². The first kappa shape index (κ1) is 16.8. The Morgan fingerprint density at radius 2 is 1.50 bits per heavy atom. The number of rotatable bonds is 2. The van der Waals surface area contributed by atoms with Crippen LogP contribution in [0.3, 0.4) is 0 Å². The van der Waals surface area contributed by atoms with Crippen molar-refractivity contribution in [3.63, 3.8) is 0 Å². The maximum atomic E-state index is 14.0. The van der Waals surface area contributed by atoms with Crippen molar-refractivity contribution in [2.75, 3.05) is 0 Å². The molecule has 0 fully saturated rings. The molecule has 0 radical (unpaired) electrons. The molecule has 0 aliphatic heterocycles. The highest BCUT2D eigenvalue weighted by molar-refractivity contribution is 6.30. The lowest BCUT2D eigenvalue weighted by Crippen LogP contribution is -1.97. The predicted molar refractivity (Wildman–Crippen MR) is 107 cm³/mol. The molecule has 28 heavy (non-hydrogen) atoms. The molecule has 0 spiro atoms. The van der Waals surface area contributed by atoms with Crippen LogP contribution in [0.25, 0.3) is 38.8 Å². The van der Waals surface area contributed by atoms with Crippen LogP contribution in [0.4, 0.5) is 8.78 Å². The van der Waals surface area contributed by atoms with Gasteiger partial charge in [0.2, 0.25) is 0 Å². The normalized spacial score (nSPS) is 11.4. The summed E-state index contributed by atoms with van der Waals surface area (Å²) >= 11 is 6.01. The number of benzene rings is 3. The summed E-state index contributed by atoms with van der Waals surface area (Å²) in [4.78, 5) is 4.47. The molecule has 0 N–H and O–H groups in total. The maximum absolute atomic E-state index is 14.0. The van der Waals surface area contributed by atoms with E-state index >= 15 is 0 Å². The molecule has 3 nitrogen and oxygen atoms in total. The van der Waals surface area contributed by atoms with Crippen molar-refractivity contribution < 1.29 is 8.78 Å². The van der Waals surface area contributed by atoms with Crippen molar-refractivity contribution in [1.82, 2.24) is 14.8 Å². The molecule has 0 aliphatic carbocycles. The van der Waals surface area contributed by atoms with Gasteiger partial charge in [0.05, 0.1) is 16.7 Å². The van der Waals surface area contributed by atoms with E-state index in [1.54, 1.807) is 41.2 Å². The summed E-state index contributed by atoms with van der Waals surface area (Å²) in [6, 6.07) is 17.8. The van der Waals surface area contributed by atoms with Gasteiger partial charge in [0.25, 0.3) is 0 Å². The zero-order valence-electron chi connectivity index (χ0n) is 14.4. The molecule has 0 aliphatic rings. The average Bonchev–Trinajstić information content (AvgIpc) is 3.09. The maximum Gasteiger partial charge on any atom is 0.124 e. The molecule has 5 rings (SSSR count). The molecular weight excluding hydrogens is 380 g/mol. The van der Waals surface area contributed by atoms with E-state index in [4.69, 9.17) is 16.7 Å². The summed E-state index contributed by atoms with van der Waals surface area (Å²) in [6.07, 6.45) is 1.73. The van der Waals surface area contributed by atoms with Crippen LogP contribution in [0.1, 0.15) is 0 Å². The van der Waals surface area contributed by atoms with Gasteiger partial charge in [-0.05, 0) is 54.6 Å². The summed E-state index contributed by atoms with van der Waals surface area (Å²) < 4.78 is 29.1. The lowest BCUT2D eigenvalue weighted by Gasteiger charge is -2.06. The molecule has 3 aromatic carbocycles. The molecule has 0 unspecified atom stereocenters. The summed E-state index contributed by atoms with van der Waals surface area (Å²) in [5, 5.41) is 6.78. The Hall–Kier alpha value is -3.31. The Labute approximate surface area is 163 Å². The van der Waals surface area contributed by atoms with Crippen molar-refractivity contribution in [2.24, 2.45) is 0 Å². The van der Waals surface area contributed by atoms with Crippen LogP contribution in [-0.4, -0.2) is 14.8 Å². The minimum atomic E-state index is -0.360. The summed E-state index contributed by atoms with van der Waals surface area (Å²) in [6.45, 7) is 0. The number of hydrogen-bond donors (Lipinski definition) is 0. The molecular formula is C22H12ClF2N3. The third-order valence-electron chi connectivity index (χ3n) is 4.66. The van der Waals surface area contributed by atoms with Crippen molar-refractivity contribution in [1.29, 1.82) is 0 Å². The Morgan fingerprint density at radius 3 is 2.25 bits per heavy atom. The molecule has 0 atom stereocenters. The zero-order valence-corrected chi connectivity index (χ0v) is 15.2. The van der Waals surface area contributed by atoms with Gasteiger partial charge in [0.15, 0.2) is 0 Å². The van der Waals surface area contributed by atoms with E-state index in [-0.39, 0.29) is 11.6 Å². The van der Waals surface area contributed by atoms with E-state index in [1.165, 1.54) is 24.3 Å². The first-order valence-corrected chi connectivity index (χ1v) is 8.97. The second kappa shape index (κ2) is 6.39. The average molecular weight is 392 g/mol. The lowest BCUT2D eigenvalue weighted by molar-refractivity contribution is 0.627. The van der Waals surface area contributed by atoms with Crippen molar-refractivity contribution in [2.45, 2.75) is 0 Å². The van der Waals surface area contributed by atoms with Crippen LogP contribution in [0, 0.1) is 11.6 Å². The Bertz CT molecular complexity index is 1330. The fourth-order valence-electron chi connectivity index (χ4n) is 3.35. The smallest absolute Gasteiger partial charge is 0.124 e. The fraction of sp³-hybridized carbons (Fsp3) is 0. The van der Waals surface area contributed by atoms with Gasteiger partial charge in [0, 0.05) is 27.6 Å². The van der Waals surface area contributed by atoms with E-state index in [9.17, 15) is 8.78 Å². The molecule has 2 heterocycles. The first-order valence-electron chi connectivity index (χ1n) is 8.59. The monoisotopic (exact) mass is 391 g/mol. The highest BCUT2D eigenvalue weighted by Crippen LogP contribution is 2.34. The van der Waals surface area contributed by atoms with E-state index in [1.807, 2.05) is 12.1 Å². The SMILES string of the molecule is Fc1ccc(-n2nc(-c3ccc(Cl)cc3)c3cnc4ccc(F)cc4c32)cc1. The Kier molecular flexibility index (Phi) is 3.84. The number of hydrogen-bond acceptors (Lipinski definition) is 2. The number of nitrogens with zero attached hydrogens (tertiary/aromatic N) is 3. The predicted octanol–water partition coefficient (Wildman–Crippen LogP) is 6.17. The Morgan fingerprint density at radius 1 is 0.786 bits per heavy atom. The first-order chi connectivity index (χ1) is 13.6. The number of fused-ring (bicyclic) bond motifs is 3. The highest BCUT2D eigenvalue weighted by atomic mass is 35.5. The third kappa shape index (κ3) is 2.72. The zero-order chi connectivity index (χ0) is 19.3. The van der Waals surface area contributed by atoms with Gasteiger partial charge < -0.3 is 0 Å². The number of halogens is 3. The summed E-state index contributed by atoms with van der Waals surface area (Å²) in [5.41, 5.74) is 3.58. The van der Waals surface area contributed by atoms with Crippen molar-refractivity contribution in [3.8, 4) is 16.9 Å². The molecule has 6 heteroatoms. The van der Waals surface area contributed by atoms with Gasteiger partial charge in [-0.2, -0.15) is 5.10 Å². The Balaban J connectivity index is 1.90. The standard InChI is InChI=1S/C22H12ClF2N3/c23-14-3-1-13(2-4-14)21-19-12-26-20-10-7-16(25)11-18(20)22(19)28(27-21)17-8-5-15(24)6-9-17/h1-12H. The van der Waals surface area contributed by atoms with Gasteiger partial charge in [0.1, 0.15) is 17.3 Å². The second-order valence-electron chi connectivity index (χ2n) is 6.43. The van der Waals surface area contributed by atoms with Crippen LogP contribution < -0.4 is 0 Å². The van der Waals surface area contributed by atoms with Crippen LogP contribution >= 0.6 is 11.6 Å². The van der Waals surface area contributed by atoms with E-state index in [0.717, 1.165) is 10.9 Å². The van der Waals surface area contributed by atoms with Crippen molar-refractivity contribution in [3.05, 3.63) is 89.6 Å². The molecule has 2 aromatic heterocycles. The van der Waals surface area contributed by atoms with E-state index in [2.05, 4.69) is 4.98 Å². The summed E-state index contributed by atoms with van der Waals surface area (Å²) in [7, 11) is 0. The van der Waals surface area contributed by atoms with Crippen LogP contribution in [0.15, 0.2) is 72.9 Å². The number of pyridine rings is 1. The highest BCUT2D eigenvalue weighted by Gasteiger charge is 2.17. The second-order valence-corrected chi connectivity index (χ2v) is 6.86. The van der Waals surface area contributed by atoms with Gasteiger partial charge in [-0.15, -0.1) is 0 Å². The van der Waals surface area contributed by atoms with Gasteiger partial charge in [-0.1, -0.05) is 23.7 Å². The minimum absolute atomic E-state index is 0.337. The molecule has 0 amide bonds. The van der Waals surface area contributed by atoms with Crippen LogP contribution in [0.5, 0.6) is 0 Å². The molecule has 0 saturated heterocycles. The van der Waals surface area contributed by atoms with Crippen LogP contribution in [-0.2, 0) is 0 Å². The quantitative estimate of drug-likeness (QED) is 0.360. The largest absolute Gasteiger partial charge is 0.255 e. The molecule has 0 saturated carbocycles. The van der Waals surface area contributed by atoms with E-state index < -0.39 is 0 Å². The topological polar surface area (TPSA) is 30.7 Å². The third-order valence-corrected chi connectivity index (χ3v) is 4.91. The van der Waals surface area contributed by atoms with E-state index in [0.29, 0.717) is 32.8 Å². The summed E-state index contributed by atoms with van der Waals surface area (Å²) in [5.74, 6) is -0.697. The van der Waals surface area contributed by atoms with Gasteiger partial charge >= 0.3 is 0 Å². The fourth-order valence-corrected chi connectivity index (χ4v) is 3.47. The minimum Gasteiger partial charge on any atom is -0.255 e. The van der Waals surface area contributed by atoms with Gasteiger partial charge in [-0.25, -0.2) is 13.5 Å².